The van der Waals surface area contributed by atoms with Gasteiger partial charge in [0, 0.05) is 5.57 Å². The van der Waals surface area contributed by atoms with Crippen molar-refractivity contribution in [1.29, 1.82) is 0 Å². The molecule has 0 aliphatic carbocycles. The highest BCUT2D eigenvalue weighted by molar-refractivity contribution is 5.87. The van der Waals surface area contributed by atoms with Gasteiger partial charge in [-0.2, -0.15) is 180 Å². The third-order valence-corrected chi connectivity index (χ3v) is 8.02. The zero-order chi connectivity index (χ0) is 55.9. The number of carbonyl (C=O) groups excluding carboxylic acids is 1. The van der Waals surface area contributed by atoms with E-state index in [0.29, 0.717) is 0 Å². The number of rotatable bonds is 19. The minimum absolute atomic E-state index is 0.586. The number of ether oxygens (including phenoxy) is 1. The van der Waals surface area contributed by atoms with E-state index in [9.17, 15) is 180 Å². The van der Waals surface area contributed by atoms with Crippen LogP contribution in [-0.2, 0) is 9.53 Å². The average Bonchev–Trinajstić information content (AvgIpc) is 3.08. The van der Waals surface area contributed by atoms with Crippen molar-refractivity contribution in [2.24, 2.45) is 0 Å². The fourth-order valence-corrected chi connectivity index (χ4v) is 3.86. The molecule has 0 radical (unpaired) electrons. The first kappa shape index (κ1) is 63.3. The van der Waals surface area contributed by atoms with Gasteiger partial charge in [0.1, 0.15) is 0 Å². The molecule has 2 nitrogen and oxygen atoms in total. The molecule has 43 heteroatoms. The predicted octanol–water partition coefficient (Wildman–Crippen LogP) is 13.7. The number of esters is 1. The number of carbonyl (C=O) groups is 1. The molecule has 0 amide bonds. The summed E-state index contributed by atoms with van der Waals surface area (Å²) >= 11 is 0. The van der Waals surface area contributed by atoms with Crippen molar-refractivity contribution >= 4 is 5.97 Å². The van der Waals surface area contributed by atoms with Gasteiger partial charge in [-0.15, -0.1) is 0 Å². The molecule has 0 rings (SSSR count). The summed E-state index contributed by atoms with van der Waals surface area (Å²) in [5, 5.41) is 0. The van der Waals surface area contributed by atoms with E-state index in [4.69, 9.17) is 0 Å². The molecule has 0 spiro atoms. The van der Waals surface area contributed by atoms with Crippen LogP contribution in [-0.4, -0.2) is 125 Å². The Balaban J connectivity index is 8.60. The normalized spacial score (nSPS) is 17.6. The van der Waals surface area contributed by atoms with Crippen molar-refractivity contribution in [2.45, 2.75) is 126 Å². The van der Waals surface area contributed by atoms with Crippen molar-refractivity contribution < 1.29 is 190 Å². The van der Waals surface area contributed by atoms with E-state index in [-0.39, 0.29) is 0 Å². The van der Waals surface area contributed by atoms with E-state index in [1.165, 1.54) is 0 Å². The SMILES string of the molecule is C=C(C)C(=O)OC(F)(C(F)(F)C(F)(F)C(F)(F)C(F)(F)C(F)(F)C(F)(F)C(F)(F)C(F)(F)F)C(F)(F)C(F)(F)C(F)(F)C(F)(F)C(F)(F)C(F)(F)C(F)(F)C(F)(F)C(F)(F)C(F)(F)C(F)(F)F. The van der Waals surface area contributed by atoms with Gasteiger partial charge in [-0.05, 0) is 6.92 Å². The van der Waals surface area contributed by atoms with Crippen molar-refractivity contribution in [2.75, 3.05) is 0 Å². The van der Waals surface area contributed by atoms with Crippen LogP contribution in [0.2, 0.25) is 0 Å². The molecule has 1 atom stereocenters. The average molecular weight is 1100 g/mol. The van der Waals surface area contributed by atoms with E-state index < -0.39 is 137 Å². The highest BCUT2D eigenvalue weighted by Crippen LogP contribution is 2.71. The van der Waals surface area contributed by atoms with Gasteiger partial charge in [0.15, 0.2) is 0 Å². The van der Waals surface area contributed by atoms with E-state index in [1.54, 1.807) is 11.3 Å². The molecule has 0 bridgehead atoms. The standard InChI is InChI=1S/C24H5F41O2/c1-3(2)4(66)67-22(59,19(53,54)15(45,46)11(37,38)9(33,34)13(41,42)17(49,50)21(57,58)24(63,64)65)18(51,52)14(43,44)10(35,36)7(29,30)5(25,26)6(27,28)8(31,32)12(39,40)16(47,48)20(55,56)23(60,61)62/h1H2,2H3. The number of hydrogen-bond donors (Lipinski definition) is 0. The minimum Gasteiger partial charge on any atom is -0.413 e. The van der Waals surface area contributed by atoms with Crippen molar-refractivity contribution in [1.82, 2.24) is 0 Å². The van der Waals surface area contributed by atoms with Crippen LogP contribution in [0.5, 0.6) is 0 Å². The van der Waals surface area contributed by atoms with Crippen LogP contribution in [0.15, 0.2) is 12.2 Å². The van der Waals surface area contributed by atoms with Gasteiger partial charge in [0.25, 0.3) is 0 Å². The Morgan fingerprint density at radius 1 is 0.254 bits per heavy atom. The molecule has 0 aromatic carbocycles. The van der Waals surface area contributed by atoms with Gasteiger partial charge in [0.2, 0.25) is 0 Å². The molecule has 0 N–H and O–H groups in total. The van der Waals surface area contributed by atoms with Gasteiger partial charge in [-0.25, -0.2) is 4.79 Å². The smallest absolute Gasteiger partial charge is 0.413 e. The molecule has 0 fully saturated rings. The Morgan fingerprint density at radius 2 is 0.373 bits per heavy atom. The molecule has 0 heterocycles. The Morgan fingerprint density at radius 3 is 0.493 bits per heavy atom. The molecular formula is C24H5F41O2. The summed E-state index contributed by atoms with van der Waals surface area (Å²) in [6.45, 7) is 1.20. The first-order valence-electron chi connectivity index (χ1n) is 14.2. The first-order chi connectivity index (χ1) is 28.1. The summed E-state index contributed by atoms with van der Waals surface area (Å²) in [4.78, 5) is 11.4. The second-order valence-corrected chi connectivity index (χ2v) is 12.5. The molecule has 0 saturated carbocycles. The first-order valence-corrected chi connectivity index (χ1v) is 14.2. The van der Waals surface area contributed by atoms with E-state index >= 15 is 4.39 Å². The summed E-state index contributed by atoms with van der Waals surface area (Å²) in [5.74, 6) is -186. The van der Waals surface area contributed by atoms with Crippen molar-refractivity contribution in [3.8, 4) is 0 Å². The Labute approximate surface area is 335 Å². The Hall–Kier alpha value is -3.66. The molecule has 0 aliphatic rings. The zero-order valence-electron chi connectivity index (χ0n) is 29.0. The largest absolute Gasteiger partial charge is 0.460 e. The quantitative estimate of drug-likeness (QED) is 0.0732. The third-order valence-electron chi connectivity index (χ3n) is 8.02. The summed E-state index contributed by atoms with van der Waals surface area (Å²) in [5.41, 5.74) is -2.60. The molecule has 0 saturated heterocycles. The van der Waals surface area contributed by atoms with Crippen LogP contribution in [0.4, 0.5) is 180 Å². The maximum absolute atomic E-state index is 15.4. The van der Waals surface area contributed by atoms with Crippen LogP contribution < -0.4 is 0 Å². The monoisotopic (exact) mass is 1100 g/mol. The Kier molecular flexibility index (Phi) is 14.6. The molecular weight excluding hydrogens is 1100 g/mol. The number of halogens is 41. The van der Waals surface area contributed by atoms with E-state index in [1.807, 2.05) is 0 Å². The van der Waals surface area contributed by atoms with Crippen LogP contribution in [0.3, 0.4) is 0 Å². The summed E-state index contributed by atoms with van der Waals surface area (Å²) in [6, 6.07) is 0. The Bertz CT molecular complexity index is 1860. The number of hydrogen-bond acceptors (Lipinski definition) is 2. The van der Waals surface area contributed by atoms with Crippen LogP contribution >= 0.6 is 0 Å². The molecule has 0 aromatic heterocycles. The van der Waals surface area contributed by atoms with Crippen LogP contribution in [0.25, 0.3) is 0 Å². The molecule has 0 aromatic rings. The molecule has 67 heavy (non-hydrogen) atoms. The van der Waals surface area contributed by atoms with Gasteiger partial charge in [0.05, 0.1) is 0 Å². The van der Waals surface area contributed by atoms with Crippen molar-refractivity contribution in [3.63, 3.8) is 0 Å². The van der Waals surface area contributed by atoms with Gasteiger partial charge in [-0.3, -0.25) is 0 Å². The fourth-order valence-electron chi connectivity index (χ4n) is 3.86. The maximum atomic E-state index is 15.4. The fraction of sp³-hybridized carbons (Fsp3) is 0.875. The maximum Gasteiger partial charge on any atom is 0.460 e. The topological polar surface area (TPSA) is 26.3 Å². The third kappa shape index (κ3) is 7.30. The summed E-state index contributed by atoms with van der Waals surface area (Å²) in [7, 11) is 0. The lowest BCUT2D eigenvalue weighted by molar-refractivity contribution is -0.502. The zero-order valence-corrected chi connectivity index (χ0v) is 29.0. The highest BCUT2D eigenvalue weighted by atomic mass is 19.5. The van der Waals surface area contributed by atoms with Crippen LogP contribution in [0.1, 0.15) is 6.92 Å². The lowest BCUT2D eigenvalue weighted by Crippen LogP contribution is -2.82. The van der Waals surface area contributed by atoms with Gasteiger partial charge >= 0.3 is 125 Å². The summed E-state index contributed by atoms with van der Waals surface area (Å²) in [6.07, 6.45) is -17.1. The minimum atomic E-state index is -10.6. The molecule has 1 unspecified atom stereocenters. The van der Waals surface area contributed by atoms with Gasteiger partial charge in [-0.1, -0.05) is 6.58 Å². The molecule has 0 aliphatic heterocycles. The van der Waals surface area contributed by atoms with Crippen molar-refractivity contribution in [3.05, 3.63) is 12.2 Å². The lowest BCUT2D eigenvalue weighted by Gasteiger charge is -2.48. The predicted molar refractivity (Wildman–Crippen MR) is 121 cm³/mol. The van der Waals surface area contributed by atoms with Crippen LogP contribution in [0, 0.1) is 0 Å². The second kappa shape index (κ2) is 15.4. The van der Waals surface area contributed by atoms with E-state index in [2.05, 4.69) is 0 Å². The highest BCUT2D eigenvalue weighted by Gasteiger charge is 3.04. The second-order valence-electron chi connectivity index (χ2n) is 12.5. The van der Waals surface area contributed by atoms with Gasteiger partial charge < -0.3 is 4.74 Å². The molecule has 400 valence electrons. The van der Waals surface area contributed by atoms with E-state index in [0.717, 1.165) is 0 Å². The lowest BCUT2D eigenvalue weighted by atomic mass is 9.81. The summed E-state index contributed by atoms with van der Waals surface area (Å²) < 4.78 is 565. The number of alkyl halides is 41.